The van der Waals surface area contributed by atoms with Crippen molar-refractivity contribution in [1.29, 1.82) is 0 Å². The molecule has 1 aliphatic heterocycles. The second kappa shape index (κ2) is 6.23. The number of hydrogen-bond acceptors (Lipinski definition) is 3. The van der Waals surface area contributed by atoms with Crippen LogP contribution in [0.1, 0.15) is 52.4 Å². The van der Waals surface area contributed by atoms with Crippen molar-refractivity contribution in [2.45, 2.75) is 64.0 Å². The smallest absolute Gasteiger partial charge is 0.223 e. The molecule has 3 N–H and O–H groups in total. The Labute approximate surface area is 116 Å². The summed E-state index contributed by atoms with van der Waals surface area (Å²) in [5, 5.41) is 16.8. The van der Waals surface area contributed by atoms with Crippen LogP contribution in [0.4, 0.5) is 0 Å². The van der Waals surface area contributed by atoms with E-state index in [9.17, 15) is 9.90 Å². The molecule has 1 saturated carbocycles. The molecule has 1 aliphatic carbocycles. The monoisotopic (exact) mass is 268 g/mol. The van der Waals surface area contributed by atoms with E-state index in [2.05, 4.69) is 24.5 Å². The SMILES string of the molecule is CC1CCC(O)(CNC(=O)C2CCNC(C)C2)CC1. The highest BCUT2D eigenvalue weighted by Crippen LogP contribution is 2.31. The largest absolute Gasteiger partial charge is 0.388 e. The molecule has 1 heterocycles. The predicted octanol–water partition coefficient (Wildman–Crippen LogP) is 1.43. The molecule has 1 amide bonds. The van der Waals surface area contributed by atoms with Gasteiger partial charge in [-0.3, -0.25) is 4.79 Å². The van der Waals surface area contributed by atoms with Gasteiger partial charge in [0.2, 0.25) is 5.91 Å². The number of hydrogen-bond donors (Lipinski definition) is 3. The van der Waals surface area contributed by atoms with Gasteiger partial charge in [0, 0.05) is 18.5 Å². The van der Waals surface area contributed by atoms with Crippen LogP contribution in [0.25, 0.3) is 0 Å². The Morgan fingerprint density at radius 1 is 1.32 bits per heavy atom. The third kappa shape index (κ3) is 4.18. The second-order valence-corrected chi connectivity index (χ2v) is 6.70. The van der Waals surface area contributed by atoms with Crippen LogP contribution in [0.2, 0.25) is 0 Å². The number of nitrogens with one attached hydrogen (secondary N) is 2. The van der Waals surface area contributed by atoms with Gasteiger partial charge in [0.05, 0.1) is 5.60 Å². The number of aliphatic hydroxyl groups is 1. The molecular weight excluding hydrogens is 240 g/mol. The van der Waals surface area contributed by atoms with Crippen molar-refractivity contribution in [3.8, 4) is 0 Å². The van der Waals surface area contributed by atoms with Gasteiger partial charge in [-0.1, -0.05) is 6.92 Å². The average Bonchev–Trinajstić information content (AvgIpc) is 2.40. The van der Waals surface area contributed by atoms with E-state index in [0.29, 0.717) is 18.5 Å². The van der Waals surface area contributed by atoms with Crippen LogP contribution in [0.5, 0.6) is 0 Å². The Morgan fingerprint density at radius 3 is 2.63 bits per heavy atom. The molecule has 110 valence electrons. The quantitative estimate of drug-likeness (QED) is 0.725. The van der Waals surface area contributed by atoms with Crippen molar-refractivity contribution in [3.63, 3.8) is 0 Å². The van der Waals surface area contributed by atoms with Crippen LogP contribution >= 0.6 is 0 Å². The number of amides is 1. The van der Waals surface area contributed by atoms with Gasteiger partial charge in [-0.15, -0.1) is 0 Å². The standard InChI is InChI=1S/C15H28N2O2/c1-11-3-6-15(19,7-4-11)10-17-14(18)13-5-8-16-12(2)9-13/h11-13,16,19H,3-10H2,1-2H3,(H,17,18). The molecule has 2 unspecified atom stereocenters. The fourth-order valence-corrected chi connectivity index (χ4v) is 3.24. The predicted molar refractivity (Wildman–Crippen MR) is 75.8 cm³/mol. The minimum Gasteiger partial charge on any atom is -0.388 e. The number of carbonyl (C=O) groups excluding carboxylic acids is 1. The molecule has 2 aliphatic rings. The molecule has 0 bridgehead atoms. The second-order valence-electron chi connectivity index (χ2n) is 6.70. The van der Waals surface area contributed by atoms with Gasteiger partial charge in [-0.05, 0) is 57.9 Å². The Morgan fingerprint density at radius 2 is 2.00 bits per heavy atom. The first-order valence-corrected chi connectivity index (χ1v) is 7.72. The highest BCUT2D eigenvalue weighted by Gasteiger charge is 2.33. The summed E-state index contributed by atoms with van der Waals surface area (Å²) in [5.41, 5.74) is -0.666. The fraction of sp³-hybridized carbons (Fsp3) is 0.933. The van der Waals surface area contributed by atoms with Crippen molar-refractivity contribution in [2.24, 2.45) is 11.8 Å². The van der Waals surface area contributed by atoms with Gasteiger partial charge in [0.15, 0.2) is 0 Å². The minimum atomic E-state index is -0.666. The van der Waals surface area contributed by atoms with Crippen molar-refractivity contribution in [2.75, 3.05) is 13.1 Å². The zero-order chi connectivity index (χ0) is 13.9. The van der Waals surface area contributed by atoms with Crippen LogP contribution in [0.3, 0.4) is 0 Å². The zero-order valence-corrected chi connectivity index (χ0v) is 12.2. The lowest BCUT2D eigenvalue weighted by Gasteiger charge is -2.35. The summed E-state index contributed by atoms with van der Waals surface area (Å²) < 4.78 is 0. The van der Waals surface area contributed by atoms with Crippen molar-refractivity contribution >= 4 is 5.91 Å². The van der Waals surface area contributed by atoms with Crippen molar-refractivity contribution in [3.05, 3.63) is 0 Å². The Balaban J connectivity index is 1.76. The summed E-state index contributed by atoms with van der Waals surface area (Å²) in [6.07, 6.45) is 5.58. The molecule has 1 saturated heterocycles. The van der Waals surface area contributed by atoms with E-state index in [-0.39, 0.29) is 11.8 Å². The third-order valence-corrected chi connectivity index (χ3v) is 4.79. The van der Waals surface area contributed by atoms with Gasteiger partial charge in [-0.2, -0.15) is 0 Å². The van der Waals surface area contributed by atoms with E-state index in [1.165, 1.54) is 0 Å². The van der Waals surface area contributed by atoms with Gasteiger partial charge in [-0.25, -0.2) is 0 Å². The lowest BCUT2D eigenvalue weighted by Crippen LogP contribution is -2.48. The lowest BCUT2D eigenvalue weighted by molar-refractivity contribution is -0.127. The summed E-state index contributed by atoms with van der Waals surface area (Å²) in [6.45, 7) is 5.70. The van der Waals surface area contributed by atoms with Gasteiger partial charge in [0.1, 0.15) is 0 Å². The van der Waals surface area contributed by atoms with E-state index < -0.39 is 5.60 Å². The molecule has 0 spiro atoms. The topological polar surface area (TPSA) is 61.4 Å². The molecule has 19 heavy (non-hydrogen) atoms. The van der Waals surface area contributed by atoms with E-state index in [1.54, 1.807) is 0 Å². The van der Waals surface area contributed by atoms with E-state index in [1.807, 2.05) is 0 Å². The summed E-state index contributed by atoms with van der Waals surface area (Å²) in [6, 6.07) is 0.420. The first-order chi connectivity index (χ1) is 8.98. The highest BCUT2D eigenvalue weighted by molar-refractivity contribution is 5.78. The summed E-state index contributed by atoms with van der Waals surface area (Å²) in [7, 11) is 0. The average molecular weight is 268 g/mol. The van der Waals surface area contributed by atoms with E-state index >= 15 is 0 Å². The van der Waals surface area contributed by atoms with E-state index in [4.69, 9.17) is 0 Å². The van der Waals surface area contributed by atoms with Crippen LogP contribution in [0, 0.1) is 11.8 Å². The Hall–Kier alpha value is -0.610. The molecule has 0 aromatic rings. The lowest BCUT2D eigenvalue weighted by atomic mass is 9.79. The highest BCUT2D eigenvalue weighted by atomic mass is 16.3. The maximum atomic E-state index is 12.1. The number of piperidine rings is 1. The van der Waals surface area contributed by atoms with Crippen molar-refractivity contribution < 1.29 is 9.90 Å². The molecule has 0 aromatic heterocycles. The van der Waals surface area contributed by atoms with Gasteiger partial charge in [0.25, 0.3) is 0 Å². The normalized spacial score (nSPS) is 39.8. The first kappa shape index (κ1) is 14.8. The van der Waals surface area contributed by atoms with Crippen LogP contribution in [0.15, 0.2) is 0 Å². The summed E-state index contributed by atoms with van der Waals surface area (Å²) >= 11 is 0. The first-order valence-electron chi connectivity index (χ1n) is 7.72. The minimum absolute atomic E-state index is 0.113. The molecule has 4 nitrogen and oxygen atoms in total. The third-order valence-electron chi connectivity index (χ3n) is 4.79. The molecule has 2 rings (SSSR count). The molecule has 0 aromatic carbocycles. The molecule has 2 fully saturated rings. The van der Waals surface area contributed by atoms with Crippen LogP contribution in [-0.2, 0) is 4.79 Å². The van der Waals surface area contributed by atoms with E-state index in [0.717, 1.165) is 45.1 Å². The summed E-state index contributed by atoms with van der Waals surface area (Å²) in [5.74, 6) is 0.948. The molecule has 4 heteroatoms. The Bertz CT molecular complexity index is 311. The van der Waals surface area contributed by atoms with Crippen LogP contribution < -0.4 is 10.6 Å². The zero-order valence-electron chi connectivity index (χ0n) is 12.2. The fourth-order valence-electron chi connectivity index (χ4n) is 3.24. The molecule has 2 atom stereocenters. The number of carbonyl (C=O) groups is 1. The molecular formula is C15H28N2O2. The maximum Gasteiger partial charge on any atom is 0.223 e. The maximum absolute atomic E-state index is 12.1. The Kier molecular flexibility index (Phi) is 4.85. The van der Waals surface area contributed by atoms with Crippen LogP contribution in [-0.4, -0.2) is 35.7 Å². The summed E-state index contributed by atoms with van der Waals surface area (Å²) in [4.78, 5) is 12.1. The molecule has 0 radical (unpaired) electrons. The van der Waals surface area contributed by atoms with Gasteiger partial charge < -0.3 is 15.7 Å². The van der Waals surface area contributed by atoms with Gasteiger partial charge >= 0.3 is 0 Å². The van der Waals surface area contributed by atoms with Crippen molar-refractivity contribution in [1.82, 2.24) is 10.6 Å². The number of rotatable bonds is 3.